The number of urea groups is 1. The number of rotatable bonds is 4. The monoisotopic (exact) mass is 285 g/mol. The lowest BCUT2D eigenvalue weighted by atomic mass is 10.2. The predicted molar refractivity (Wildman–Crippen MR) is 79.3 cm³/mol. The fraction of sp³-hybridized carbons (Fsp3) is 0.133. The second-order valence-electron chi connectivity index (χ2n) is 4.08. The number of amides is 2. The van der Waals surface area contributed by atoms with E-state index in [1.165, 1.54) is 0 Å². The molecule has 0 saturated carbocycles. The van der Waals surface area contributed by atoms with Crippen LogP contribution in [0.1, 0.15) is 17.3 Å². The minimum Gasteiger partial charge on any atom is -0.462 e. The van der Waals surface area contributed by atoms with Crippen LogP contribution in [0, 0.1) is 0 Å². The number of hydrogen-bond donors (Lipinski definition) is 2. The molecule has 0 aliphatic carbocycles. The molecule has 0 aliphatic heterocycles. The molecule has 6 heteroatoms. The minimum atomic E-state index is -0.475. The van der Waals surface area contributed by atoms with E-state index < -0.39 is 12.0 Å². The maximum atomic E-state index is 11.9. The van der Waals surface area contributed by atoms with Gasteiger partial charge in [0.2, 0.25) is 0 Å². The number of pyridine rings is 1. The molecule has 0 aliphatic rings. The van der Waals surface area contributed by atoms with E-state index in [-0.39, 0.29) is 6.61 Å². The Morgan fingerprint density at radius 3 is 2.52 bits per heavy atom. The number of carbonyl (C=O) groups is 2. The number of hydrogen-bond acceptors (Lipinski definition) is 4. The van der Waals surface area contributed by atoms with Crippen molar-refractivity contribution in [2.24, 2.45) is 0 Å². The molecule has 0 fully saturated rings. The molecule has 1 aromatic carbocycles. The van der Waals surface area contributed by atoms with Crippen LogP contribution in [0.4, 0.5) is 16.2 Å². The summed E-state index contributed by atoms with van der Waals surface area (Å²) in [5, 5.41) is 5.27. The van der Waals surface area contributed by atoms with E-state index in [1.54, 1.807) is 55.7 Å². The molecule has 0 radical (unpaired) electrons. The molecule has 0 spiro atoms. The van der Waals surface area contributed by atoms with Gasteiger partial charge >= 0.3 is 12.0 Å². The average Bonchev–Trinajstić information content (AvgIpc) is 2.49. The summed E-state index contributed by atoms with van der Waals surface area (Å²) < 4.78 is 4.95. The van der Waals surface area contributed by atoms with Crippen LogP contribution in [0.2, 0.25) is 0 Å². The Morgan fingerprint density at radius 1 is 1.10 bits per heavy atom. The van der Waals surface area contributed by atoms with E-state index in [4.69, 9.17) is 4.74 Å². The zero-order valence-corrected chi connectivity index (χ0v) is 11.5. The molecule has 2 N–H and O–H groups in total. The summed E-state index contributed by atoms with van der Waals surface area (Å²) in [6.45, 7) is 2.00. The summed E-state index contributed by atoms with van der Waals surface area (Å²) >= 11 is 0. The molecule has 0 bridgehead atoms. The first-order valence-corrected chi connectivity index (χ1v) is 6.45. The van der Waals surface area contributed by atoms with Crippen LogP contribution in [-0.2, 0) is 4.74 Å². The summed E-state index contributed by atoms with van der Waals surface area (Å²) in [7, 11) is 0. The van der Waals surface area contributed by atoms with Crippen molar-refractivity contribution >= 4 is 23.4 Å². The van der Waals surface area contributed by atoms with Crippen molar-refractivity contribution in [3.8, 4) is 0 Å². The van der Waals surface area contributed by atoms with Gasteiger partial charge in [0.15, 0.2) is 0 Å². The SMILES string of the molecule is CCOC(=O)c1ccccc1NC(=O)Nc1ccncc1. The fourth-order valence-electron chi connectivity index (χ4n) is 1.70. The Bertz CT molecular complexity index is 629. The normalized spacial score (nSPS) is 9.76. The third-order valence-electron chi connectivity index (χ3n) is 2.61. The van der Waals surface area contributed by atoms with E-state index in [0.717, 1.165) is 0 Å². The van der Waals surface area contributed by atoms with Crippen molar-refractivity contribution in [3.63, 3.8) is 0 Å². The Morgan fingerprint density at radius 2 is 1.81 bits per heavy atom. The quantitative estimate of drug-likeness (QED) is 0.846. The molecule has 108 valence electrons. The lowest BCUT2D eigenvalue weighted by Gasteiger charge is -2.11. The molecule has 1 heterocycles. The molecule has 1 aromatic heterocycles. The average molecular weight is 285 g/mol. The highest BCUT2D eigenvalue weighted by Gasteiger charge is 2.13. The molecule has 2 aromatic rings. The van der Waals surface area contributed by atoms with Gasteiger partial charge in [-0.3, -0.25) is 4.98 Å². The first-order valence-electron chi connectivity index (χ1n) is 6.45. The van der Waals surface area contributed by atoms with E-state index in [2.05, 4.69) is 15.6 Å². The number of carbonyl (C=O) groups excluding carboxylic acids is 2. The summed E-state index contributed by atoms with van der Waals surface area (Å²) in [5.41, 5.74) is 1.31. The van der Waals surface area contributed by atoms with Crippen molar-refractivity contribution in [3.05, 3.63) is 54.4 Å². The molecule has 2 rings (SSSR count). The van der Waals surface area contributed by atoms with Crippen molar-refractivity contribution in [1.29, 1.82) is 0 Å². The smallest absolute Gasteiger partial charge is 0.340 e. The molecule has 2 amide bonds. The van der Waals surface area contributed by atoms with Gasteiger partial charge in [0.25, 0.3) is 0 Å². The number of aromatic nitrogens is 1. The lowest BCUT2D eigenvalue weighted by molar-refractivity contribution is 0.0527. The summed E-state index contributed by atoms with van der Waals surface area (Å²) in [6, 6.07) is 9.55. The van der Waals surface area contributed by atoms with Gasteiger partial charge in [-0.1, -0.05) is 12.1 Å². The number of anilines is 2. The number of benzene rings is 1. The third-order valence-corrected chi connectivity index (χ3v) is 2.61. The molecule has 0 unspecified atom stereocenters. The van der Waals surface area contributed by atoms with Crippen LogP contribution >= 0.6 is 0 Å². The summed E-state index contributed by atoms with van der Waals surface area (Å²) in [5.74, 6) is -0.475. The van der Waals surface area contributed by atoms with Gasteiger partial charge in [-0.15, -0.1) is 0 Å². The molecular weight excluding hydrogens is 270 g/mol. The standard InChI is InChI=1S/C15H15N3O3/c1-2-21-14(19)12-5-3-4-6-13(12)18-15(20)17-11-7-9-16-10-8-11/h3-10H,2H2,1H3,(H2,16,17,18,20). The van der Waals surface area contributed by atoms with Gasteiger partial charge in [0.1, 0.15) is 0 Å². The highest BCUT2D eigenvalue weighted by Crippen LogP contribution is 2.16. The summed E-state index contributed by atoms with van der Waals surface area (Å²) in [4.78, 5) is 27.6. The third kappa shape index (κ3) is 4.04. The zero-order chi connectivity index (χ0) is 15.1. The van der Waals surface area contributed by atoms with Gasteiger partial charge < -0.3 is 15.4 Å². The molecule has 21 heavy (non-hydrogen) atoms. The number of ether oxygens (including phenoxy) is 1. The molecule has 0 atom stereocenters. The maximum absolute atomic E-state index is 11.9. The second-order valence-corrected chi connectivity index (χ2v) is 4.08. The number of esters is 1. The Hall–Kier alpha value is -2.89. The van der Waals surface area contributed by atoms with E-state index >= 15 is 0 Å². The van der Waals surface area contributed by atoms with Crippen LogP contribution in [0.3, 0.4) is 0 Å². The van der Waals surface area contributed by atoms with Crippen molar-refractivity contribution < 1.29 is 14.3 Å². The number of nitrogens with zero attached hydrogens (tertiary/aromatic N) is 1. The van der Waals surface area contributed by atoms with Crippen LogP contribution in [0.5, 0.6) is 0 Å². The van der Waals surface area contributed by atoms with Crippen LogP contribution in [-0.4, -0.2) is 23.6 Å². The van der Waals surface area contributed by atoms with Gasteiger partial charge in [0.05, 0.1) is 17.9 Å². The molecular formula is C15H15N3O3. The molecule has 6 nitrogen and oxygen atoms in total. The van der Waals surface area contributed by atoms with E-state index in [0.29, 0.717) is 16.9 Å². The van der Waals surface area contributed by atoms with E-state index in [9.17, 15) is 9.59 Å². The first-order chi connectivity index (χ1) is 10.2. The lowest BCUT2D eigenvalue weighted by Crippen LogP contribution is -2.21. The van der Waals surface area contributed by atoms with Gasteiger partial charge in [0, 0.05) is 18.1 Å². The number of nitrogens with one attached hydrogen (secondary N) is 2. The largest absolute Gasteiger partial charge is 0.462 e. The van der Waals surface area contributed by atoms with Crippen molar-refractivity contribution in [2.45, 2.75) is 6.92 Å². The second kappa shape index (κ2) is 7.04. The summed E-state index contributed by atoms with van der Waals surface area (Å²) in [6.07, 6.45) is 3.14. The van der Waals surface area contributed by atoms with Crippen LogP contribution in [0.15, 0.2) is 48.8 Å². The number of para-hydroxylation sites is 1. The van der Waals surface area contributed by atoms with Gasteiger partial charge in [-0.25, -0.2) is 9.59 Å². The van der Waals surface area contributed by atoms with Crippen LogP contribution in [0.25, 0.3) is 0 Å². The van der Waals surface area contributed by atoms with Gasteiger partial charge in [-0.05, 0) is 31.2 Å². The Labute approximate surface area is 122 Å². The van der Waals surface area contributed by atoms with Crippen molar-refractivity contribution in [1.82, 2.24) is 4.98 Å². The van der Waals surface area contributed by atoms with Gasteiger partial charge in [-0.2, -0.15) is 0 Å². The molecule has 0 saturated heterocycles. The van der Waals surface area contributed by atoms with Crippen molar-refractivity contribution in [2.75, 3.05) is 17.2 Å². The minimum absolute atomic E-state index is 0.274. The highest BCUT2D eigenvalue weighted by molar-refractivity contribution is 6.04. The topological polar surface area (TPSA) is 80.3 Å². The maximum Gasteiger partial charge on any atom is 0.340 e. The van der Waals surface area contributed by atoms with Crippen LogP contribution < -0.4 is 10.6 Å². The highest BCUT2D eigenvalue weighted by atomic mass is 16.5. The van der Waals surface area contributed by atoms with E-state index in [1.807, 2.05) is 0 Å². The predicted octanol–water partition coefficient (Wildman–Crippen LogP) is 2.90. The zero-order valence-electron chi connectivity index (χ0n) is 11.5. The fourth-order valence-corrected chi connectivity index (χ4v) is 1.70. The first kappa shape index (κ1) is 14.5. The Balaban J connectivity index is 2.09. The Kier molecular flexibility index (Phi) is 4.87.